The molecule has 1 nitrogen and oxygen atoms in total. The Bertz CT molecular complexity index is 366. The Labute approximate surface area is 88.3 Å². The maximum atomic E-state index is 13.0. The molecule has 0 aromatic heterocycles. The lowest BCUT2D eigenvalue weighted by atomic mass is 9.61. The quantitative estimate of drug-likeness (QED) is 0.799. The summed E-state index contributed by atoms with van der Waals surface area (Å²) in [6.45, 7) is 2.25. The van der Waals surface area contributed by atoms with E-state index in [1.807, 2.05) is 31.2 Å². The van der Waals surface area contributed by atoms with E-state index in [0.29, 0.717) is 6.54 Å². The number of benzene rings is 1. The van der Waals surface area contributed by atoms with Gasteiger partial charge in [-0.15, -0.1) is 0 Å². The lowest BCUT2D eigenvalue weighted by Crippen LogP contribution is -2.54. The van der Waals surface area contributed by atoms with Gasteiger partial charge in [0.1, 0.15) is 0 Å². The molecular formula is C12H15F2N. The molecule has 82 valence electrons. The van der Waals surface area contributed by atoms with Crippen LogP contribution < -0.4 is 5.73 Å². The second-order valence-corrected chi connectivity index (χ2v) is 4.51. The Hall–Kier alpha value is -0.960. The average molecular weight is 211 g/mol. The predicted molar refractivity (Wildman–Crippen MR) is 56.1 cm³/mol. The van der Waals surface area contributed by atoms with Gasteiger partial charge in [0.25, 0.3) is 0 Å². The van der Waals surface area contributed by atoms with Gasteiger partial charge in [0.2, 0.25) is 5.92 Å². The Kier molecular flexibility index (Phi) is 2.30. The van der Waals surface area contributed by atoms with E-state index in [1.54, 1.807) is 0 Å². The van der Waals surface area contributed by atoms with Crippen LogP contribution >= 0.6 is 0 Å². The van der Waals surface area contributed by atoms with Gasteiger partial charge in [-0.1, -0.05) is 24.3 Å². The van der Waals surface area contributed by atoms with E-state index in [1.165, 1.54) is 0 Å². The summed E-state index contributed by atoms with van der Waals surface area (Å²) in [5.74, 6) is -2.53. The van der Waals surface area contributed by atoms with Crippen molar-refractivity contribution in [2.24, 2.45) is 5.73 Å². The smallest absolute Gasteiger partial charge is 0.250 e. The van der Waals surface area contributed by atoms with Crippen LogP contribution in [0.5, 0.6) is 0 Å². The minimum Gasteiger partial charge on any atom is -0.330 e. The van der Waals surface area contributed by atoms with Gasteiger partial charge in [0, 0.05) is 24.8 Å². The van der Waals surface area contributed by atoms with Crippen molar-refractivity contribution in [3.63, 3.8) is 0 Å². The Morgan fingerprint density at radius 2 is 1.87 bits per heavy atom. The fourth-order valence-electron chi connectivity index (χ4n) is 2.55. The van der Waals surface area contributed by atoms with Crippen molar-refractivity contribution >= 4 is 0 Å². The Morgan fingerprint density at radius 3 is 2.33 bits per heavy atom. The van der Waals surface area contributed by atoms with Crippen molar-refractivity contribution in [1.82, 2.24) is 0 Å². The maximum Gasteiger partial charge on any atom is 0.250 e. The number of hydrogen-bond donors (Lipinski definition) is 1. The van der Waals surface area contributed by atoms with Crippen molar-refractivity contribution in [1.29, 1.82) is 0 Å². The summed E-state index contributed by atoms with van der Waals surface area (Å²) < 4.78 is 26.0. The molecule has 3 heteroatoms. The van der Waals surface area contributed by atoms with Crippen molar-refractivity contribution < 1.29 is 8.78 Å². The third-order valence-corrected chi connectivity index (χ3v) is 3.30. The summed E-state index contributed by atoms with van der Waals surface area (Å²) >= 11 is 0. The van der Waals surface area contributed by atoms with E-state index in [2.05, 4.69) is 0 Å². The zero-order chi connectivity index (χ0) is 11.1. The van der Waals surface area contributed by atoms with Gasteiger partial charge in [-0.25, -0.2) is 8.78 Å². The van der Waals surface area contributed by atoms with Crippen molar-refractivity contribution in [3.8, 4) is 0 Å². The van der Waals surface area contributed by atoms with Gasteiger partial charge in [-0.05, 0) is 18.1 Å². The molecule has 1 aliphatic rings. The number of halogens is 2. The lowest BCUT2D eigenvalue weighted by Gasteiger charge is -2.47. The molecule has 0 unspecified atom stereocenters. The van der Waals surface area contributed by atoms with E-state index < -0.39 is 11.3 Å². The fraction of sp³-hybridized carbons (Fsp3) is 0.500. The summed E-state index contributed by atoms with van der Waals surface area (Å²) in [6, 6.07) is 7.66. The molecule has 1 aromatic carbocycles. The number of nitrogens with two attached hydrogens (primary N) is 1. The normalized spacial score (nSPS) is 22.1. The summed E-state index contributed by atoms with van der Waals surface area (Å²) in [5, 5.41) is 0. The molecule has 0 bridgehead atoms. The van der Waals surface area contributed by atoms with Crippen LogP contribution in [0.4, 0.5) is 8.78 Å². The monoisotopic (exact) mass is 211 g/mol. The molecule has 2 N–H and O–H groups in total. The molecule has 0 aliphatic heterocycles. The summed E-state index contributed by atoms with van der Waals surface area (Å²) in [5.41, 5.74) is 7.21. The fourth-order valence-corrected chi connectivity index (χ4v) is 2.55. The highest BCUT2D eigenvalue weighted by Crippen LogP contribution is 2.53. The Balaban J connectivity index is 2.34. The van der Waals surface area contributed by atoms with Gasteiger partial charge in [0.15, 0.2) is 0 Å². The van der Waals surface area contributed by atoms with Gasteiger partial charge in [-0.3, -0.25) is 0 Å². The number of aryl methyl sites for hydroxylation is 1. The van der Waals surface area contributed by atoms with E-state index in [4.69, 9.17) is 5.73 Å². The molecule has 1 fully saturated rings. The molecule has 1 aliphatic carbocycles. The maximum absolute atomic E-state index is 13.0. The van der Waals surface area contributed by atoms with Gasteiger partial charge in [0.05, 0.1) is 0 Å². The minimum atomic E-state index is -2.53. The zero-order valence-electron chi connectivity index (χ0n) is 8.76. The van der Waals surface area contributed by atoms with Crippen LogP contribution in [0.3, 0.4) is 0 Å². The molecule has 1 saturated carbocycles. The highest BCUT2D eigenvalue weighted by atomic mass is 19.3. The SMILES string of the molecule is Cc1ccccc1C1(CN)CC(F)(F)C1. The lowest BCUT2D eigenvalue weighted by molar-refractivity contribution is -0.123. The summed E-state index contributed by atoms with van der Waals surface area (Å²) in [7, 11) is 0. The first-order chi connectivity index (χ1) is 6.99. The number of alkyl halides is 2. The summed E-state index contributed by atoms with van der Waals surface area (Å²) in [6.07, 6.45) is -0.220. The van der Waals surface area contributed by atoms with Crippen LogP contribution in [0.1, 0.15) is 24.0 Å². The van der Waals surface area contributed by atoms with E-state index >= 15 is 0 Å². The van der Waals surface area contributed by atoms with Gasteiger partial charge in [-0.2, -0.15) is 0 Å². The third-order valence-electron chi connectivity index (χ3n) is 3.30. The first kappa shape index (κ1) is 10.6. The molecule has 0 atom stereocenters. The van der Waals surface area contributed by atoms with Gasteiger partial charge < -0.3 is 5.73 Å². The zero-order valence-corrected chi connectivity index (χ0v) is 8.76. The van der Waals surface area contributed by atoms with Crippen LogP contribution in [-0.4, -0.2) is 12.5 Å². The van der Waals surface area contributed by atoms with Crippen LogP contribution in [-0.2, 0) is 5.41 Å². The van der Waals surface area contributed by atoms with Crippen LogP contribution in [0.25, 0.3) is 0 Å². The molecule has 0 heterocycles. The molecule has 15 heavy (non-hydrogen) atoms. The van der Waals surface area contributed by atoms with Crippen molar-refractivity contribution in [2.45, 2.75) is 31.1 Å². The molecule has 0 radical (unpaired) electrons. The average Bonchev–Trinajstić information content (AvgIpc) is 2.14. The topological polar surface area (TPSA) is 26.0 Å². The number of hydrogen-bond acceptors (Lipinski definition) is 1. The van der Waals surface area contributed by atoms with E-state index in [9.17, 15) is 8.78 Å². The van der Waals surface area contributed by atoms with E-state index in [-0.39, 0.29) is 12.8 Å². The highest BCUT2D eigenvalue weighted by Gasteiger charge is 2.56. The third kappa shape index (κ3) is 1.65. The second kappa shape index (κ2) is 3.27. The minimum absolute atomic E-state index is 0.110. The summed E-state index contributed by atoms with van der Waals surface area (Å²) in [4.78, 5) is 0. The van der Waals surface area contributed by atoms with Crippen LogP contribution in [0.2, 0.25) is 0 Å². The predicted octanol–water partition coefficient (Wildman–Crippen LogP) is 2.62. The molecule has 1 aromatic rings. The molecule has 0 spiro atoms. The Morgan fingerprint density at radius 1 is 1.27 bits per heavy atom. The molecule has 0 amide bonds. The second-order valence-electron chi connectivity index (χ2n) is 4.51. The van der Waals surface area contributed by atoms with Crippen molar-refractivity contribution in [2.75, 3.05) is 6.54 Å². The van der Waals surface area contributed by atoms with Crippen molar-refractivity contribution in [3.05, 3.63) is 35.4 Å². The molecule has 0 saturated heterocycles. The van der Waals surface area contributed by atoms with Crippen LogP contribution in [0.15, 0.2) is 24.3 Å². The molecular weight excluding hydrogens is 196 g/mol. The van der Waals surface area contributed by atoms with Crippen LogP contribution in [0, 0.1) is 6.92 Å². The van der Waals surface area contributed by atoms with E-state index in [0.717, 1.165) is 11.1 Å². The first-order valence-corrected chi connectivity index (χ1v) is 5.13. The largest absolute Gasteiger partial charge is 0.330 e. The standard InChI is InChI=1S/C12H15F2N/c1-9-4-2-3-5-10(9)11(8-15)6-12(13,14)7-11/h2-5H,6-8,15H2,1H3. The number of rotatable bonds is 2. The highest BCUT2D eigenvalue weighted by molar-refractivity contribution is 5.37. The first-order valence-electron chi connectivity index (χ1n) is 5.13. The van der Waals surface area contributed by atoms with Gasteiger partial charge >= 0.3 is 0 Å². The molecule has 2 rings (SSSR count).